The normalized spacial score (nSPS) is 26.5. The van der Waals surface area contributed by atoms with E-state index in [9.17, 15) is 9.90 Å². The van der Waals surface area contributed by atoms with Gasteiger partial charge in [0.05, 0.1) is 0 Å². The summed E-state index contributed by atoms with van der Waals surface area (Å²) in [6, 6.07) is 0. The van der Waals surface area contributed by atoms with Gasteiger partial charge in [-0.15, -0.1) is 0 Å². The Morgan fingerprint density at radius 1 is 1.67 bits per heavy atom. The SMILES string of the molecule is COCCCNC1(C(=O)O)CCCSC1. The van der Waals surface area contributed by atoms with Crippen molar-refractivity contribution in [1.29, 1.82) is 0 Å². The molecule has 1 aliphatic rings. The van der Waals surface area contributed by atoms with E-state index >= 15 is 0 Å². The third-order valence-corrected chi connectivity index (χ3v) is 3.91. The van der Waals surface area contributed by atoms with Gasteiger partial charge in [0.1, 0.15) is 5.54 Å². The zero-order valence-electron chi connectivity index (χ0n) is 9.12. The number of carboxylic acid groups (broad SMARTS) is 1. The lowest BCUT2D eigenvalue weighted by Crippen LogP contribution is -2.56. The molecule has 1 atom stereocenters. The molecule has 15 heavy (non-hydrogen) atoms. The van der Waals surface area contributed by atoms with Crippen LogP contribution in [0.4, 0.5) is 0 Å². The monoisotopic (exact) mass is 233 g/mol. The highest BCUT2D eigenvalue weighted by molar-refractivity contribution is 7.99. The van der Waals surface area contributed by atoms with Crippen LogP contribution in [0.25, 0.3) is 0 Å². The zero-order valence-corrected chi connectivity index (χ0v) is 9.94. The van der Waals surface area contributed by atoms with Gasteiger partial charge in [0.25, 0.3) is 0 Å². The summed E-state index contributed by atoms with van der Waals surface area (Å²) >= 11 is 1.72. The number of nitrogens with one attached hydrogen (secondary N) is 1. The quantitative estimate of drug-likeness (QED) is 0.669. The highest BCUT2D eigenvalue weighted by Gasteiger charge is 2.39. The Morgan fingerprint density at radius 3 is 3.00 bits per heavy atom. The molecule has 1 aliphatic heterocycles. The van der Waals surface area contributed by atoms with Gasteiger partial charge >= 0.3 is 5.97 Å². The molecular weight excluding hydrogens is 214 g/mol. The molecule has 4 nitrogen and oxygen atoms in total. The fourth-order valence-electron chi connectivity index (χ4n) is 1.72. The van der Waals surface area contributed by atoms with E-state index in [1.54, 1.807) is 18.9 Å². The Bertz CT molecular complexity index is 205. The van der Waals surface area contributed by atoms with Crippen molar-refractivity contribution in [1.82, 2.24) is 5.32 Å². The summed E-state index contributed by atoms with van der Waals surface area (Å²) in [6.07, 6.45) is 2.58. The molecule has 1 saturated heterocycles. The second-order valence-corrected chi connectivity index (χ2v) is 4.92. The number of ether oxygens (including phenoxy) is 1. The predicted molar refractivity (Wildman–Crippen MR) is 61.4 cm³/mol. The zero-order chi connectivity index (χ0) is 11.1. The Balaban J connectivity index is 2.39. The summed E-state index contributed by atoms with van der Waals surface area (Å²) < 4.78 is 4.93. The van der Waals surface area contributed by atoms with Gasteiger partial charge in [-0.05, 0) is 31.6 Å². The van der Waals surface area contributed by atoms with Gasteiger partial charge in [-0.2, -0.15) is 11.8 Å². The van der Waals surface area contributed by atoms with E-state index in [1.807, 2.05) is 0 Å². The highest BCUT2D eigenvalue weighted by Crippen LogP contribution is 2.27. The van der Waals surface area contributed by atoms with Gasteiger partial charge < -0.3 is 15.2 Å². The molecule has 88 valence electrons. The van der Waals surface area contributed by atoms with Crippen LogP contribution in [-0.4, -0.2) is 48.4 Å². The Labute approximate surface area is 94.8 Å². The molecule has 0 spiro atoms. The van der Waals surface area contributed by atoms with Crippen molar-refractivity contribution < 1.29 is 14.6 Å². The molecule has 0 saturated carbocycles. The molecule has 0 bridgehead atoms. The van der Waals surface area contributed by atoms with Crippen molar-refractivity contribution in [2.75, 3.05) is 31.8 Å². The molecule has 0 aromatic rings. The fraction of sp³-hybridized carbons (Fsp3) is 0.900. The van der Waals surface area contributed by atoms with Gasteiger partial charge in [0.15, 0.2) is 0 Å². The van der Waals surface area contributed by atoms with E-state index in [2.05, 4.69) is 5.32 Å². The van der Waals surface area contributed by atoms with Crippen molar-refractivity contribution in [2.45, 2.75) is 24.8 Å². The number of hydrogen-bond donors (Lipinski definition) is 2. The summed E-state index contributed by atoms with van der Waals surface area (Å²) in [5.74, 6) is 1.04. The standard InChI is InChI=1S/C10H19NO3S/c1-14-6-3-5-11-10(9(12)13)4-2-7-15-8-10/h11H,2-8H2,1H3,(H,12,13). The summed E-state index contributed by atoms with van der Waals surface area (Å²) in [4.78, 5) is 11.2. The maximum Gasteiger partial charge on any atom is 0.324 e. The topological polar surface area (TPSA) is 58.6 Å². The predicted octanol–water partition coefficient (Wildman–Crippen LogP) is 0.963. The number of hydrogen-bond acceptors (Lipinski definition) is 4. The average molecular weight is 233 g/mol. The molecular formula is C10H19NO3S. The molecule has 0 aromatic carbocycles. The van der Waals surface area contributed by atoms with Crippen LogP contribution >= 0.6 is 11.8 Å². The molecule has 0 radical (unpaired) electrons. The first kappa shape index (κ1) is 12.8. The highest BCUT2D eigenvalue weighted by atomic mass is 32.2. The van der Waals surface area contributed by atoms with E-state index in [0.29, 0.717) is 18.9 Å². The maximum absolute atomic E-state index is 11.2. The molecule has 2 N–H and O–H groups in total. The second kappa shape index (κ2) is 6.35. The number of methoxy groups -OCH3 is 1. The minimum atomic E-state index is -0.716. The lowest BCUT2D eigenvalue weighted by atomic mass is 9.95. The van der Waals surface area contributed by atoms with Crippen LogP contribution in [0.1, 0.15) is 19.3 Å². The maximum atomic E-state index is 11.2. The van der Waals surface area contributed by atoms with Gasteiger partial charge in [0.2, 0.25) is 0 Å². The van der Waals surface area contributed by atoms with Crippen molar-refractivity contribution >= 4 is 17.7 Å². The van der Waals surface area contributed by atoms with E-state index in [0.717, 1.165) is 25.0 Å². The largest absolute Gasteiger partial charge is 0.480 e. The summed E-state index contributed by atoms with van der Waals surface area (Å²) in [5.41, 5.74) is -0.698. The summed E-state index contributed by atoms with van der Waals surface area (Å²) in [6.45, 7) is 1.39. The van der Waals surface area contributed by atoms with Crippen molar-refractivity contribution in [3.8, 4) is 0 Å². The van der Waals surface area contributed by atoms with E-state index < -0.39 is 11.5 Å². The van der Waals surface area contributed by atoms with E-state index in [4.69, 9.17) is 4.74 Å². The average Bonchev–Trinajstić information content (AvgIpc) is 2.26. The molecule has 0 amide bonds. The lowest BCUT2D eigenvalue weighted by Gasteiger charge is -2.33. The third kappa shape index (κ3) is 3.66. The molecule has 5 heteroatoms. The molecule has 0 aromatic heterocycles. The Kier molecular flexibility index (Phi) is 5.42. The minimum absolute atomic E-state index is 0.676. The minimum Gasteiger partial charge on any atom is -0.480 e. The summed E-state index contributed by atoms with van der Waals surface area (Å²) in [5, 5.41) is 12.4. The lowest BCUT2D eigenvalue weighted by molar-refractivity contribution is -0.144. The van der Waals surface area contributed by atoms with Crippen LogP contribution in [-0.2, 0) is 9.53 Å². The molecule has 1 heterocycles. The van der Waals surface area contributed by atoms with Crippen LogP contribution < -0.4 is 5.32 Å². The van der Waals surface area contributed by atoms with Crippen LogP contribution in [0.15, 0.2) is 0 Å². The molecule has 1 unspecified atom stereocenters. The Morgan fingerprint density at radius 2 is 2.47 bits per heavy atom. The van der Waals surface area contributed by atoms with E-state index in [1.165, 1.54) is 0 Å². The second-order valence-electron chi connectivity index (χ2n) is 3.82. The van der Waals surface area contributed by atoms with Crippen molar-refractivity contribution in [3.63, 3.8) is 0 Å². The van der Waals surface area contributed by atoms with Gasteiger partial charge in [0, 0.05) is 19.5 Å². The number of carboxylic acids is 1. The molecule has 0 aliphatic carbocycles. The van der Waals surface area contributed by atoms with Crippen molar-refractivity contribution in [3.05, 3.63) is 0 Å². The molecule has 1 rings (SSSR count). The smallest absolute Gasteiger partial charge is 0.324 e. The third-order valence-electron chi connectivity index (χ3n) is 2.64. The van der Waals surface area contributed by atoms with Crippen LogP contribution in [0.2, 0.25) is 0 Å². The number of carbonyl (C=O) groups is 1. The first-order chi connectivity index (χ1) is 7.21. The van der Waals surface area contributed by atoms with Crippen LogP contribution in [0, 0.1) is 0 Å². The van der Waals surface area contributed by atoms with Gasteiger partial charge in [-0.3, -0.25) is 4.79 Å². The van der Waals surface area contributed by atoms with Crippen LogP contribution in [0.3, 0.4) is 0 Å². The number of aliphatic carboxylic acids is 1. The number of thioether (sulfide) groups is 1. The van der Waals surface area contributed by atoms with Gasteiger partial charge in [-0.1, -0.05) is 0 Å². The Hall–Kier alpha value is -0.260. The number of rotatable bonds is 6. The van der Waals surface area contributed by atoms with E-state index in [-0.39, 0.29) is 0 Å². The molecule has 1 fully saturated rings. The van der Waals surface area contributed by atoms with Crippen molar-refractivity contribution in [2.24, 2.45) is 0 Å². The van der Waals surface area contributed by atoms with Gasteiger partial charge in [-0.25, -0.2) is 0 Å². The fourth-order valence-corrected chi connectivity index (χ4v) is 2.93. The van der Waals surface area contributed by atoms with Crippen LogP contribution in [0.5, 0.6) is 0 Å². The summed E-state index contributed by atoms with van der Waals surface area (Å²) in [7, 11) is 1.66. The first-order valence-electron chi connectivity index (χ1n) is 5.26. The first-order valence-corrected chi connectivity index (χ1v) is 6.42.